The van der Waals surface area contributed by atoms with E-state index in [4.69, 9.17) is 9.98 Å². The van der Waals surface area contributed by atoms with Crippen LogP contribution < -0.4 is 0 Å². The molecule has 0 unspecified atom stereocenters. The van der Waals surface area contributed by atoms with Crippen molar-refractivity contribution in [1.82, 2.24) is 9.97 Å². The van der Waals surface area contributed by atoms with Gasteiger partial charge < -0.3 is 4.98 Å². The average molecular weight is 498 g/mol. The van der Waals surface area contributed by atoms with Gasteiger partial charge in [0.1, 0.15) is 5.82 Å². The molecule has 4 aromatic rings. The van der Waals surface area contributed by atoms with Crippen LogP contribution in [0.2, 0.25) is 0 Å². The van der Waals surface area contributed by atoms with E-state index in [9.17, 15) is 0 Å². The Labute approximate surface area is 225 Å². The molecule has 0 atom stereocenters. The van der Waals surface area contributed by atoms with E-state index >= 15 is 0 Å². The highest BCUT2D eigenvalue weighted by atomic mass is 14.9. The lowest BCUT2D eigenvalue weighted by Crippen LogP contribution is -2.10. The maximum absolute atomic E-state index is 5.04. The SMILES string of the molecule is CC(C)C1=NC2=C(C1)c1ccc3c4c(ccc3c1CC2)-c1cc2c(cc1CC4)-c1nc(C(C)C)[nH]c1CC2. The zero-order valence-corrected chi connectivity index (χ0v) is 23.0. The lowest BCUT2D eigenvalue weighted by Gasteiger charge is -2.27. The van der Waals surface area contributed by atoms with E-state index in [1.165, 1.54) is 72.5 Å². The number of aliphatic imine (C=N–C) groups is 1. The summed E-state index contributed by atoms with van der Waals surface area (Å²) < 4.78 is 0. The molecule has 190 valence electrons. The first-order valence-electron chi connectivity index (χ1n) is 14.6. The second-order valence-corrected chi connectivity index (χ2v) is 12.4. The van der Waals surface area contributed by atoms with E-state index in [-0.39, 0.29) is 0 Å². The summed E-state index contributed by atoms with van der Waals surface area (Å²) in [5, 5.41) is 2.93. The number of allylic oxidation sites excluding steroid dienone is 2. The highest BCUT2D eigenvalue weighted by Crippen LogP contribution is 2.46. The van der Waals surface area contributed by atoms with Crippen LogP contribution in [0.4, 0.5) is 0 Å². The third-order valence-electron chi connectivity index (χ3n) is 9.52. The maximum atomic E-state index is 5.04. The van der Waals surface area contributed by atoms with E-state index < -0.39 is 0 Å². The molecule has 3 nitrogen and oxygen atoms in total. The zero-order valence-electron chi connectivity index (χ0n) is 23.0. The van der Waals surface area contributed by atoms with Crippen LogP contribution in [0, 0.1) is 5.92 Å². The van der Waals surface area contributed by atoms with Crippen molar-refractivity contribution in [3.05, 3.63) is 81.4 Å². The Kier molecular flexibility index (Phi) is 4.75. The highest BCUT2D eigenvalue weighted by Gasteiger charge is 2.29. The van der Waals surface area contributed by atoms with E-state index in [0.29, 0.717) is 11.8 Å². The quantitative estimate of drug-likeness (QED) is 0.297. The van der Waals surface area contributed by atoms with Crippen molar-refractivity contribution in [3.63, 3.8) is 0 Å². The van der Waals surface area contributed by atoms with Gasteiger partial charge in [0.2, 0.25) is 0 Å². The van der Waals surface area contributed by atoms with Gasteiger partial charge in [-0.05, 0) is 106 Å². The summed E-state index contributed by atoms with van der Waals surface area (Å²) in [7, 11) is 0. The number of aromatic nitrogens is 2. The van der Waals surface area contributed by atoms with Gasteiger partial charge in [-0.1, -0.05) is 58.0 Å². The molecule has 8 rings (SSSR count). The molecule has 4 aliphatic rings. The Morgan fingerprint density at radius 2 is 1.37 bits per heavy atom. The molecule has 3 aliphatic carbocycles. The molecule has 1 aliphatic heterocycles. The number of benzene rings is 3. The molecule has 3 heteroatoms. The van der Waals surface area contributed by atoms with E-state index in [1.807, 2.05) is 0 Å². The minimum atomic E-state index is 0.425. The average Bonchev–Trinajstić information content (AvgIpc) is 3.56. The van der Waals surface area contributed by atoms with Crippen LogP contribution in [0.15, 0.2) is 47.1 Å². The number of aryl methyl sites for hydroxylation is 5. The van der Waals surface area contributed by atoms with Crippen LogP contribution in [-0.4, -0.2) is 15.7 Å². The molecule has 0 fully saturated rings. The second-order valence-electron chi connectivity index (χ2n) is 12.4. The van der Waals surface area contributed by atoms with Gasteiger partial charge in [0, 0.05) is 35.0 Å². The van der Waals surface area contributed by atoms with Gasteiger partial charge in [0.25, 0.3) is 0 Å². The Hall–Kier alpha value is -3.46. The Balaban J connectivity index is 1.23. The number of hydrogen-bond donors (Lipinski definition) is 1. The normalized spacial score (nSPS) is 17.3. The van der Waals surface area contributed by atoms with Crippen molar-refractivity contribution < 1.29 is 0 Å². The topological polar surface area (TPSA) is 41.0 Å². The Bertz CT molecular complexity index is 1740. The molecular formula is C35H35N3. The molecule has 1 aromatic heterocycles. The molecule has 0 amide bonds. The van der Waals surface area contributed by atoms with Gasteiger partial charge in [-0.2, -0.15) is 0 Å². The Morgan fingerprint density at radius 3 is 2.16 bits per heavy atom. The fraction of sp³-hybridized carbons (Fsp3) is 0.371. The molecule has 0 spiro atoms. The predicted molar refractivity (Wildman–Crippen MR) is 158 cm³/mol. The number of imidazole rings is 1. The largest absolute Gasteiger partial charge is 0.345 e. The van der Waals surface area contributed by atoms with E-state index in [0.717, 1.165) is 50.8 Å². The van der Waals surface area contributed by atoms with Crippen LogP contribution in [-0.2, 0) is 32.1 Å². The summed E-state index contributed by atoms with van der Waals surface area (Å²) in [6, 6.07) is 14.7. The van der Waals surface area contributed by atoms with Crippen LogP contribution in [0.25, 0.3) is 38.7 Å². The first kappa shape index (κ1) is 22.5. The van der Waals surface area contributed by atoms with Crippen molar-refractivity contribution in [2.24, 2.45) is 10.9 Å². The summed E-state index contributed by atoms with van der Waals surface area (Å²) >= 11 is 0. The first-order chi connectivity index (χ1) is 18.5. The standard InChI is InChI=1S/C35H35N3/c1-18(2)33-17-30-27-11-9-23-22-7-5-20-16-29-21(6-13-32-34(29)38-35(37-32)19(3)4)15-28(20)26(22)10-8-24(23)25(27)12-14-31(30)36-33/h8-11,15-16,18-19H,5-7,12-14,17H2,1-4H3,(H,37,38). The lowest BCUT2D eigenvalue weighted by atomic mass is 9.77. The third kappa shape index (κ3) is 3.14. The molecule has 0 bridgehead atoms. The van der Waals surface area contributed by atoms with Crippen molar-refractivity contribution >= 4 is 22.1 Å². The van der Waals surface area contributed by atoms with Gasteiger partial charge in [0.05, 0.1) is 5.69 Å². The summed E-state index contributed by atoms with van der Waals surface area (Å²) in [6.45, 7) is 8.99. The van der Waals surface area contributed by atoms with Crippen LogP contribution in [0.1, 0.15) is 85.8 Å². The summed E-state index contributed by atoms with van der Waals surface area (Å²) in [6.07, 6.45) is 7.57. The van der Waals surface area contributed by atoms with Gasteiger partial charge in [-0.3, -0.25) is 4.99 Å². The van der Waals surface area contributed by atoms with Crippen molar-refractivity contribution in [2.75, 3.05) is 0 Å². The molecule has 0 saturated heterocycles. The zero-order chi connectivity index (χ0) is 25.7. The summed E-state index contributed by atoms with van der Waals surface area (Å²) in [4.78, 5) is 13.7. The van der Waals surface area contributed by atoms with Crippen molar-refractivity contribution in [2.45, 2.75) is 78.6 Å². The Morgan fingerprint density at radius 1 is 0.684 bits per heavy atom. The first-order valence-corrected chi connectivity index (χ1v) is 14.6. The van der Waals surface area contributed by atoms with Gasteiger partial charge in [0.15, 0.2) is 0 Å². The number of fused-ring (bicyclic) bond motifs is 11. The smallest absolute Gasteiger partial charge is 0.109 e. The summed E-state index contributed by atoms with van der Waals surface area (Å²) in [5.74, 6) is 2.07. The second kappa shape index (κ2) is 8.02. The molecule has 1 N–H and O–H groups in total. The minimum Gasteiger partial charge on any atom is -0.345 e. The van der Waals surface area contributed by atoms with Crippen molar-refractivity contribution in [3.8, 4) is 22.4 Å². The maximum Gasteiger partial charge on any atom is 0.109 e. The lowest BCUT2D eigenvalue weighted by molar-refractivity contribution is 0.787. The molecule has 0 radical (unpaired) electrons. The number of nitrogens with zero attached hydrogens (tertiary/aromatic N) is 2. The van der Waals surface area contributed by atoms with E-state index in [2.05, 4.69) is 69.1 Å². The van der Waals surface area contributed by atoms with Crippen molar-refractivity contribution in [1.29, 1.82) is 0 Å². The minimum absolute atomic E-state index is 0.425. The summed E-state index contributed by atoms with van der Waals surface area (Å²) in [5.41, 5.74) is 18.4. The molecule has 38 heavy (non-hydrogen) atoms. The fourth-order valence-corrected chi connectivity index (χ4v) is 7.40. The number of H-pyrrole nitrogens is 1. The predicted octanol–water partition coefficient (Wildman–Crippen LogP) is 8.38. The van der Waals surface area contributed by atoms with Crippen LogP contribution in [0.3, 0.4) is 0 Å². The molecule has 0 saturated carbocycles. The van der Waals surface area contributed by atoms with Gasteiger partial charge >= 0.3 is 0 Å². The van der Waals surface area contributed by atoms with Crippen LogP contribution in [0.5, 0.6) is 0 Å². The molecule has 3 aromatic carbocycles. The third-order valence-corrected chi connectivity index (χ3v) is 9.52. The van der Waals surface area contributed by atoms with Gasteiger partial charge in [-0.15, -0.1) is 0 Å². The fourth-order valence-electron chi connectivity index (χ4n) is 7.40. The molecular weight excluding hydrogens is 462 g/mol. The highest BCUT2D eigenvalue weighted by molar-refractivity contribution is 6.04. The number of rotatable bonds is 2. The van der Waals surface area contributed by atoms with Crippen LogP contribution >= 0.6 is 0 Å². The number of hydrogen-bond acceptors (Lipinski definition) is 2. The van der Waals surface area contributed by atoms with Gasteiger partial charge in [-0.25, -0.2) is 4.98 Å². The molecule has 2 heterocycles. The number of nitrogens with one attached hydrogen (secondary N) is 1. The number of aromatic amines is 1. The monoisotopic (exact) mass is 497 g/mol. The van der Waals surface area contributed by atoms with E-state index in [1.54, 1.807) is 11.1 Å².